The van der Waals surface area contributed by atoms with Crippen molar-refractivity contribution in [2.45, 2.75) is 79.7 Å². The number of amides is 1. The first-order chi connectivity index (χ1) is 20.3. The monoisotopic (exact) mass is 591 g/mol. The number of aryl methyl sites for hydroxylation is 5. The van der Waals surface area contributed by atoms with E-state index in [1.807, 2.05) is 73.0 Å². The van der Waals surface area contributed by atoms with Gasteiger partial charge in [-0.15, -0.1) is 0 Å². The number of hydrogen-bond acceptors (Lipinski definition) is 5. The van der Waals surface area contributed by atoms with E-state index in [1.165, 1.54) is 4.57 Å². The van der Waals surface area contributed by atoms with Crippen LogP contribution >= 0.6 is 0 Å². The molecule has 1 amide bonds. The molecular weight excluding hydrogens is 545 g/mol. The fourth-order valence-corrected chi connectivity index (χ4v) is 5.32. The van der Waals surface area contributed by atoms with E-state index in [-0.39, 0.29) is 24.2 Å². The highest BCUT2D eigenvalue weighted by Crippen LogP contribution is 2.30. The lowest BCUT2D eigenvalue weighted by molar-refractivity contribution is -0.159. The number of nitrogens with one attached hydrogen (secondary N) is 1. The molecule has 0 saturated carbocycles. The van der Waals surface area contributed by atoms with Gasteiger partial charge in [-0.2, -0.15) is 5.48 Å². The van der Waals surface area contributed by atoms with Gasteiger partial charge in [0.2, 0.25) is 0 Å². The van der Waals surface area contributed by atoms with E-state index in [1.54, 1.807) is 25.3 Å². The molecule has 0 fully saturated rings. The zero-order valence-electron chi connectivity index (χ0n) is 26.8. The van der Waals surface area contributed by atoms with Crippen LogP contribution in [0.3, 0.4) is 0 Å². The lowest BCUT2D eigenvalue weighted by atomic mass is 9.92. The Kier molecular flexibility index (Phi) is 11.8. The lowest BCUT2D eigenvalue weighted by Crippen LogP contribution is -2.38. The summed E-state index contributed by atoms with van der Waals surface area (Å²) in [6, 6.07) is 10.3. The Labute approximate surface area is 255 Å². The Morgan fingerprint density at radius 1 is 0.930 bits per heavy atom. The molecule has 0 radical (unpaired) electrons. The molecule has 1 unspecified atom stereocenters. The molecule has 3 rings (SSSR count). The zero-order chi connectivity index (χ0) is 31.8. The molecule has 3 aromatic rings. The minimum absolute atomic E-state index is 0.115. The highest BCUT2D eigenvalue weighted by Gasteiger charge is 2.24. The first kappa shape index (κ1) is 33.7. The second kappa shape index (κ2) is 15.1. The van der Waals surface area contributed by atoms with E-state index in [2.05, 4.69) is 10.4 Å². The number of nitrogens with zero attached hydrogens (tertiary/aromatic N) is 2. The van der Waals surface area contributed by atoms with Crippen molar-refractivity contribution in [1.82, 2.24) is 14.9 Å². The topological polar surface area (TPSA) is 80.6 Å². The molecule has 2 aromatic carbocycles. The molecule has 1 aromatic heterocycles. The average Bonchev–Trinajstić information content (AvgIpc) is 2.93. The highest BCUT2D eigenvalue weighted by atomic mass is 19.1. The van der Waals surface area contributed by atoms with Crippen LogP contribution in [0, 0.1) is 39.4 Å². The van der Waals surface area contributed by atoms with E-state index in [0.717, 1.165) is 46.3 Å². The van der Waals surface area contributed by atoms with Gasteiger partial charge in [0, 0.05) is 18.8 Å². The van der Waals surface area contributed by atoms with Crippen LogP contribution in [0.1, 0.15) is 72.5 Å². The molecule has 0 aliphatic heterocycles. The molecule has 43 heavy (non-hydrogen) atoms. The summed E-state index contributed by atoms with van der Waals surface area (Å²) in [7, 11) is 3.96. The van der Waals surface area contributed by atoms with Gasteiger partial charge in [-0.1, -0.05) is 32.0 Å². The normalized spacial score (nSPS) is 12.1. The van der Waals surface area contributed by atoms with Crippen LogP contribution in [0.5, 0.6) is 0 Å². The maximum Gasteiger partial charge on any atom is 0.332 e. The third-order valence-corrected chi connectivity index (χ3v) is 7.84. The van der Waals surface area contributed by atoms with Crippen LogP contribution in [0.15, 0.2) is 47.4 Å². The molecule has 0 spiro atoms. The van der Waals surface area contributed by atoms with Gasteiger partial charge in [-0.05, 0) is 130 Å². The number of carbonyl (C=O) groups excluding carboxylic acids is 2. The van der Waals surface area contributed by atoms with Crippen molar-refractivity contribution in [3.8, 4) is 11.1 Å². The summed E-state index contributed by atoms with van der Waals surface area (Å²) in [5.41, 5.74) is 8.88. The molecule has 1 N–H and O–H groups in total. The Bertz CT molecular complexity index is 1490. The molecule has 0 saturated heterocycles. The third-order valence-electron chi connectivity index (χ3n) is 7.84. The van der Waals surface area contributed by atoms with Gasteiger partial charge in [0.15, 0.2) is 0 Å². The van der Waals surface area contributed by atoms with E-state index in [9.17, 15) is 14.4 Å². The van der Waals surface area contributed by atoms with Gasteiger partial charge in [0.1, 0.15) is 11.9 Å². The Balaban J connectivity index is 1.73. The second-order valence-electron chi connectivity index (χ2n) is 12.2. The number of rotatable bonds is 12. The number of benzene rings is 2. The molecule has 7 nitrogen and oxygen atoms in total. The SMILES string of the molecule is Cc1cc(=O)n(C(CCC(C)C)C(=O)NOC(=O)CCc2cc(-c3c(C)cccc3C)cc(C)c2F)cc1CCN(C)C. The minimum atomic E-state index is -0.837. The number of carbonyl (C=O) groups is 2. The molecule has 0 aliphatic rings. The molecule has 1 heterocycles. The van der Waals surface area contributed by atoms with Gasteiger partial charge in [0.25, 0.3) is 11.5 Å². The predicted octanol–water partition coefficient (Wildman–Crippen LogP) is 6.18. The van der Waals surface area contributed by atoms with Gasteiger partial charge < -0.3 is 14.3 Å². The zero-order valence-corrected chi connectivity index (χ0v) is 26.8. The van der Waals surface area contributed by atoms with Crippen molar-refractivity contribution in [1.29, 1.82) is 0 Å². The maximum absolute atomic E-state index is 15.0. The predicted molar refractivity (Wildman–Crippen MR) is 169 cm³/mol. The summed E-state index contributed by atoms with van der Waals surface area (Å²) in [5, 5.41) is 0. The van der Waals surface area contributed by atoms with Crippen LogP contribution in [-0.4, -0.2) is 42.0 Å². The maximum atomic E-state index is 15.0. The number of halogens is 1. The summed E-state index contributed by atoms with van der Waals surface area (Å²) in [4.78, 5) is 46.2. The average molecular weight is 592 g/mol. The van der Waals surface area contributed by atoms with Crippen LogP contribution in [-0.2, 0) is 27.3 Å². The fraction of sp³-hybridized carbons (Fsp3) is 0.457. The van der Waals surface area contributed by atoms with Gasteiger partial charge >= 0.3 is 5.97 Å². The van der Waals surface area contributed by atoms with Crippen molar-refractivity contribution in [2.75, 3.05) is 20.6 Å². The second-order valence-corrected chi connectivity index (χ2v) is 12.2. The quantitative estimate of drug-likeness (QED) is 0.255. The van der Waals surface area contributed by atoms with E-state index >= 15 is 4.39 Å². The Morgan fingerprint density at radius 2 is 1.60 bits per heavy atom. The van der Waals surface area contributed by atoms with E-state index in [4.69, 9.17) is 4.84 Å². The first-order valence-electron chi connectivity index (χ1n) is 15.0. The van der Waals surface area contributed by atoms with Crippen molar-refractivity contribution in [3.63, 3.8) is 0 Å². The van der Waals surface area contributed by atoms with Gasteiger partial charge in [-0.3, -0.25) is 9.59 Å². The van der Waals surface area contributed by atoms with Crippen molar-refractivity contribution < 1.29 is 18.8 Å². The fourth-order valence-electron chi connectivity index (χ4n) is 5.32. The highest BCUT2D eigenvalue weighted by molar-refractivity contribution is 5.81. The van der Waals surface area contributed by atoms with Crippen LogP contribution in [0.2, 0.25) is 0 Å². The first-order valence-corrected chi connectivity index (χ1v) is 15.0. The van der Waals surface area contributed by atoms with Crippen molar-refractivity contribution >= 4 is 11.9 Å². The molecule has 0 aliphatic carbocycles. The van der Waals surface area contributed by atoms with E-state index < -0.39 is 17.9 Å². The summed E-state index contributed by atoms with van der Waals surface area (Å²) in [5.74, 6) is -1.31. The van der Waals surface area contributed by atoms with Gasteiger partial charge in [-0.25, -0.2) is 9.18 Å². The third kappa shape index (κ3) is 9.10. The molecule has 232 valence electrons. The van der Waals surface area contributed by atoms with Crippen molar-refractivity contribution in [3.05, 3.63) is 92.1 Å². The largest absolute Gasteiger partial charge is 0.341 e. The smallest absolute Gasteiger partial charge is 0.332 e. The van der Waals surface area contributed by atoms with Crippen LogP contribution in [0.25, 0.3) is 11.1 Å². The minimum Gasteiger partial charge on any atom is -0.341 e. The molecule has 8 heteroatoms. The summed E-state index contributed by atoms with van der Waals surface area (Å²) in [6.45, 7) is 12.5. The summed E-state index contributed by atoms with van der Waals surface area (Å²) < 4.78 is 16.5. The number of hydrogen-bond donors (Lipinski definition) is 1. The van der Waals surface area contributed by atoms with E-state index in [0.29, 0.717) is 29.9 Å². The van der Waals surface area contributed by atoms with Gasteiger partial charge in [0.05, 0.1) is 6.42 Å². The molecule has 0 bridgehead atoms. The molecule has 1 atom stereocenters. The summed E-state index contributed by atoms with van der Waals surface area (Å²) in [6.07, 6.45) is 3.59. The van der Waals surface area contributed by atoms with Crippen molar-refractivity contribution in [2.24, 2.45) is 5.92 Å². The Hall–Kier alpha value is -3.78. The van der Waals surface area contributed by atoms with Crippen LogP contribution in [0.4, 0.5) is 4.39 Å². The number of pyridine rings is 1. The number of aromatic nitrogens is 1. The lowest BCUT2D eigenvalue weighted by Gasteiger charge is -2.22. The number of likely N-dealkylation sites (N-methyl/N-ethyl adjacent to an activating group) is 1. The molecular formula is C35H46FN3O4. The standard InChI is InChI=1S/C35H46FN3O4/c1-22(2)12-14-30(39-21-28(16-17-38(7)8)25(5)19-31(39)40)35(42)37-43-32(41)15-13-27-20-29(18-26(6)34(27)36)33-23(3)10-9-11-24(33)4/h9-11,18-22,30H,12-17H2,1-8H3,(H,37,42). The van der Waals surface area contributed by atoms with Crippen LogP contribution < -0.4 is 11.0 Å². The number of hydroxylamine groups is 1. The Morgan fingerprint density at radius 3 is 2.23 bits per heavy atom. The summed E-state index contributed by atoms with van der Waals surface area (Å²) >= 11 is 0.